The second-order valence-corrected chi connectivity index (χ2v) is 8.04. The van der Waals surface area contributed by atoms with Crippen molar-refractivity contribution in [2.45, 2.75) is 31.8 Å². The summed E-state index contributed by atoms with van der Waals surface area (Å²) in [5.74, 6) is 2.28. The SMILES string of the molecule is COc1ccc2c(c1)C(C1CCN(C)C1)C1c3ccc(C)cc3CN21. The second kappa shape index (κ2) is 5.50. The lowest BCUT2D eigenvalue weighted by atomic mass is 9.79. The molecule has 2 aromatic carbocycles. The van der Waals surface area contributed by atoms with Crippen LogP contribution in [0.1, 0.15) is 40.6 Å². The maximum atomic E-state index is 5.55. The van der Waals surface area contributed by atoms with Crippen molar-refractivity contribution in [3.63, 3.8) is 0 Å². The molecule has 2 aromatic rings. The first-order valence-electron chi connectivity index (χ1n) is 9.38. The van der Waals surface area contributed by atoms with Gasteiger partial charge in [-0.3, -0.25) is 0 Å². The fourth-order valence-corrected chi connectivity index (χ4v) is 5.36. The maximum Gasteiger partial charge on any atom is 0.119 e. The largest absolute Gasteiger partial charge is 0.497 e. The number of ether oxygens (including phenoxy) is 1. The van der Waals surface area contributed by atoms with E-state index in [1.165, 1.54) is 41.9 Å². The smallest absolute Gasteiger partial charge is 0.119 e. The summed E-state index contributed by atoms with van der Waals surface area (Å²) in [6.45, 7) is 5.66. The molecule has 0 saturated carbocycles. The number of hydrogen-bond acceptors (Lipinski definition) is 3. The average Bonchev–Trinajstić information content (AvgIpc) is 3.26. The van der Waals surface area contributed by atoms with Gasteiger partial charge in [0.2, 0.25) is 0 Å². The summed E-state index contributed by atoms with van der Waals surface area (Å²) in [5, 5.41) is 0. The number of aryl methyl sites for hydroxylation is 1. The van der Waals surface area contributed by atoms with Crippen LogP contribution >= 0.6 is 0 Å². The van der Waals surface area contributed by atoms with E-state index in [0.717, 1.165) is 18.2 Å². The van der Waals surface area contributed by atoms with Crippen LogP contribution in [-0.2, 0) is 6.54 Å². The van der Waals surface area contributed by atoms with Crippen LogP contribution < -0.4 is 9.64 Å². The number of likely N-dealkylation sites (tertiary alicyclic amines) is 1. The van der Waals surface area contributed by atoms with E-state index in [9.17, 15) is 0 Å². The molecule has 0 aliphatic carbocycles. The fraction of sp³-hybridized carbons (Fsp3) is 0.455. The van der Waals surface area contributed by atoms with Crippen molar-refractivity contribution in [3.05, 3.63) is 58.7 Å². The molecule has 1 fully saturated rings. The summed E-state index contributed by atoms with van der Waals surface area (Å²) in [4.78, 5) is 5.13. The molecule has 25 heavy (non-hydrogen) atoms. The van der Waals surface area contributed by atoms with Crippen LogP contribution in [0.2, 0.25) is 0 Å². The normalized spacial score (nSPS) is 27.3. The Bertz CT molecular complexity index is 831. The highest BCUT2D eigenvalue weighted by molar-refractivity contribution is 5.68. The topological polar surface area (TPSA) is 15.7 Å². The third-order valence-electron chi connectivity index (χ3n) is 6.47. The van der Waals surface area contributed by atoms with Gasteiger partial charge in [-0.1, -0.05) is 23.8 Å². The average molecular weight is 334 g/mol. The summed E-state index contributed by atoms with van der Waals surface area (Å²) >= 11 is 0. The standard InChI is InChI=1S/C22H26N2O/c1-14-4-6-18-16(10-14)13-24-20-7-5-17(25-3)11-19(20)21(22(18)24)15-8-9-23(2)12-15/h4-7,10-11,15,21-22H,8-9,12-13H2,1-3H3. The van der Waals surface area contributed by atoms with Crippen molar-refractivity contribution in [2.24, 2.45) is 5.92 Å². The lowest BCUT2D eigenvalue weighted by Gasteiger charge is -2.28. The third kappa shape index (κ3) is 2.22. The summed E-state index contributed by atoms with van der Waals surface area (Å²) in [6.07, 6.45) is 1.29. The molecule has 3 aliphatic rings. The monoisotopic (exact) mass is 334 g/mol. The zero-order chi connectivity index (χ0) is 17.1. The number of fused-ring (bicyclic) bond motifs is 5. The quantitative estimate of drug-likeness (QED) is 0.822. The van der Waals surface area contributed by atoms with Crippen molar-refractivity contribution in [1.29, 1.82) is 0 Å². The zero-order valence-corrected chi connectivity index (χ0v) is 15.3. The number of anilines is 1. The van der Waals surface area contributed by atoms with E-state index in [4.69, 9.17) is 4.74 Å². The molecule has 3 aliphatic heterocycles. The van der Waals surface area contributed by atoms with Gasteiger partial charge < -0.3 is 14.5 Å². The van der Waals surface area contributed by atoms with Gasteiger partial charge in [0, 0.05) is 24.7 Å². The van der Waals surface area contributed by atoms with Crippen LogP contribution in [-0.4, -0.2) is 32.1 Å². The molecular weight excluding hydrogens is 308 g/mol. The van der Waals surface area contributed by atoms with Gasteiger partial charge in [-0.25, -0.2) is 0 Å². The molecule has 5 rings (SSSR count). The molecular formula is C22H26N2O. The van der Waals surface area contributed by atoms with Gasteiger partial charge in [0.25, 0.3) is 0 Å². The summed E-state index contributed by atoms with van der Waals surface area (Å²) in [7, 11) is 4.03. The first-order chi connectivity index (χ1) is 12.2. The number of hydrogen-bond donors (Lipinski definition) is 0. The van der Waals surface area contributed by atoms with Gasteiger partial charge in [-0.15, -0.1) is 0 Å². The minimum absolute atomic E-state index is 0.495. The first-order valence-corrected chi connectivity index (χ1v) is 9.38. The molecule has 1 saturated heterocycles. The van der Waals surface area contributed by atoms with Crippen LogP contribution in [0.25, 0.3) is 0 Å². The van der Waals surface area contributed by atoms with Crippen LogP contribution in [0.3, 0.4) is 0 Å². The Morgan fingerprint density at radius 1 is 1.08 bits per heavy atom. The Morgan fingerprint density at radius 3 is 2.72 bits per heavy atom. The van der Waals surface area contributed by atoms with Gasteiger partial charge in [-0.2, -0.15) is 0 Å². The second-order valence-electron chi connectivity index (χ2n) is 8.04. The highest BCUT2D eigenvalue weighted by Gasteiger charge is 2.48. The van der Waals surface area contributed by atoms with Crippen molar-refractivity contribution >= 4 is 5.69 Å². The van der Waals surface area contributed by atoms with E-state index >= 15 is 0 Å². The van der Waals surface area contributed by atoms with E-state index in [-0.39, 0.29) is 0 Å². The number of rotatable bonds is 2. The highest BCUT2D eigenvalue weighted by Crippen LogP contribution is 2.58. The van der Waals surface area contributed by atoms with Crippen molar-refractivity contribution in [1.82, 2.24) is 4.90 Å². The van der Waals surface area contributed by atoms with Crippen molar-refractivity contribution in [2.75, 3.05) is 32.1 Å². The molecule has 0 N–H and O–H groups in total. The third-order valence-corrected chi connectivity index (χ3v) is 6.47. The lowest BCUT2D eigenvalue weighted by molar-refractivity contribution is 0.353. The van der Waals surface area contributed by atoms with Crippen molar-refractivity contribution < 1.29 is 4.74 Å². The Morgan fingerprint density at radius 2 is 1.96 bits per heavy atom. The number of methoxy groups -OCH3 is 1. The Balaban J connectivity index is 1.64. The van der Waals surface area contributed by atoms with Crippen molar-refractivity contribution in [3.8, 4) is 5.75 Å². The zero-order valence-electron chi connectivity index (χ0n) is 15.3. The Labute approximate surface area is 150 Å². The van der Waals surface area contributed by atoms with E-state index < -0.39 is 0 Å². The molecule has 3 atom stereocenters. The molecule has 3 heterocycles. The minimum Gasteiger partial charge on any atom is -0.497 e. The van der Waals surface area contributed by atoms with Gasteiger partial charge >= 0.3 is 0 Å². The molecule has 0 spiro atoms. The van der Waals surface area contributed by atoms with Crippen LogP contribution in [0.15, 0.2) is 36.4 Å². The first kappa shape index (κ1) is 15.3. The highest BCUT2D eigenvalue weighted by atomic mass is 16.5. The van der Waals surface area contributed by atoms with Gasteiger partial charge in [-0.05, 0) is 67.7 Å². The van der Waals surface area contributed by atoms with Gasteiger partial charge in [0.15, 0.2) is 0 Å². The maximum absolute atomic E-state index is 5.55. The molecule has 3 nitrogen and oxygen atoms in total. The predicted molar refractivity (Wildman–Crippen MR) is 101 cm³/mol. The minimum atomic E-state index is 0.495. The predicted octanol–water partition coefficient (Wildman–Crippen LogP) is 4.11. The fourth-order valence-electron chi connectivity index (χ4n) is 5.36. The lowest BCUT2D eigenvalue weighted by Crippen LogP contribution is -2.25. The summed E-state index contributed by atoms with van der Waals surface area (Å²) < 4.78 is 5.55. The molecule has 3 heteroatoms. The van der Waals surface area contributed by atoms with Crippen LogP contribution in [0, 0.1) is 12.8 Å². The molecule has 0 radical (unpaired) electrons. The van der Waals surface area contributed by atoms with Crippen LogP contribution in [0.4, 0.5) is 5.69 Å². The molecule has 130 valence electrons. The van der Waals surface area contributed by atoms with E-state index in [1.54, 1.807) is 12.7 Å². The van der Waals surface area contributed by atoms with Gasteiger partial charge in [0.1, 0.15) is 5.75 Å². The van der Waals surface area contributed by atoms with E-state index in [0.29, 0.717) is 12.0 Å². The molecule has 0 aromatic heterocycles. The van der Waals surface area contributed by atoms with Gasteiger partial charge in [0.05, 0.1) is 13.2 Å². The van der Waals surface area contributed by atoms with E-state index in [2.05, 4.69) is 60.2 Å². The Hall–Kier alpha value is -2.00. The van der Waals surface area contributed by atoms with Crippen LogP contribution in [0.5, 0.6) is 5.75 Å². The van der Waals surface area contributed by atoms with E-state index in [1.807, 2.05) is 0 Å². The number of nitrogens with zero attached hydrogens (tertiary/aromatic N) is 2. The molecule has 3 unspecified atom stereocenters. The molecule has 0 amide bonds. The molecule has 0 bridgehead atoms. The number of benzene rings is 2. The Kier molecular flexibility index (Phi) is 3.36. The summed E-state index contributed by atoms with van der Waals surface area (Å²) in [5.41, 5.74) is 7.34. The summed E-state index contributed by atoms with van der Waals surface area (Å²) in [6, 6.07) is 14.2.